The molecule has 4 heteroatoms. The first kappa shape index (κ1) is 17.5. The molecule has 21 heavy (non-hydrogen) atoms. The number of ether oxygens (including phenoxy) is 2. The molecule has 0 spiro atoms. The van der Waals surface area contributed by atoms with Crippen LogP contribution in [0.25, 0.3) is 0 Å². The Morgan fingerprint density at radius 2 is 1.81 bits per heavy atom. The Hall–Kier alpha value is -1.55. The first-order chi connectivity index (χ1) is 9.88. The van der Waals surface area contributed by atoms with E-state index in [1.807, 2.05) is 52.0 Å². The van der Waals surface area contributed by atoms with E-state index in [0.29, 0.717) is 19.6 Å². The van der Waals surface area contributed by atoms with Crippen LogP contribution in [0.2, 0.25) is 0 Å². The molecule has 0 amide bonds. The van der Waals surface area contributed by atoms with Crippen LogP contribution in [-0.4, -0.2) is 19.2 Å². The number of hydrogen-bond donors (Lipinski definition) is 1. The average molecular weight is 293 g/mol. The second-order valence-corrected chi connectivity index (χ2v) is 5.96. The number of esters is 1. The van der Waals surface area contributed by atoms with Crippen LogP contribution < -0.4 is 10.5 Å². The van der Waals surface area contributed by atoms with Gasteiger partial charge in [0.2, 0.25) is 0 Å². The van der Waals surface area contributed by atoms with Gasteiger partial charge in [0.25, 0.3) is 0 Å². The quantitative estimate of drug-likeness (QED) is 0.746. The molecule has 0 fully saturated rings. The van der Waals surface area contributed by atoms with Crippen molar-refractivity contribution in [2.75, 3.05) is 13.2 Å². The Morgan fingerprint density at radius 1 is 1.19 bits per heavy atom. The number of hydrogen-bond acceptors (Lipinski definition) is 4. The molecule has 0 aliphatic rings. The standard InChI is InChI=1S/C17H27NO3/c1-5-20-14-9-7-13(8-10-14)15(18)11-17(3,4)12-16(19)21-6-2/h7-10,15H,5-6,11-12,18H2,1-4H3. The average Bonchev–Trinajstić information content (AvgIpc) is 2.38. The van der Waals surface area contributed by atoms with E-state index in [0.717, 1.165) is 17.7 Å². The van der Waals surface area contributed by atoms with Crippen molar-refractivity contribution in [1.29, 1.82) is 0 Å². The summed E-state index contributed by atoms with van der Waals surface area (Å²) < 4.78 is 10.4. The van der Waals surface area contributed by atoms with E-state index in [1.165, 1.54) is 0 Å². The van der Waals surface area contributed by atoms with Crippen molar-refractivity contribution in [1.82, 2.24) is 0 Å². The molecule has 0 aliphatic carbocycles. The smallest absolute Gasteiger partial charge is 0.306 e. The van der Waals surface area contributed by atoms with Gasteiger partial charge in [-0.15, -0.1) is 0 Å². The van der Waals surface area contributed by atoms with Gasteiger partial charge in [0.1, 0.15) is 5.75 Å². The third kappa shape index (κ3) is 6.17. The monoisotopic (exact) mass is 293 g/mol. The van der Waals surface area contributed by atoms with Crippen molar-refractivity contribution < 1.29 is 14.3 Å². The second-order valence-electron chi connectivity index (χ2n) is 5.96. The molecule has 118 valence electrons. The van der Waals surface area contributed by atoms with Crippen molar-refractivity contribution in [3.8, 4) is 5.75 Å². The molecule has 0 saturated carbocycles. The molecule has 1 aromatic carbocycles. The first-order valence-corrected chi connectivity index (χ1v) is 7.52. The molecule has 1 rings (SSSR count). The van der Waals surface area contributed by atoms with E-state index in [4.69, 9.17) is 15.2 Å². The number of carbonyl (C=O) groups excluding carboxylic acids is 1. The highest BCUT2D eigenvalue weighted by Crippen LogP contribution is 2.32. The van der Waals surface area contributed by atoms with Crippen molar-refractivity contribution in [2.45, 2.75) is 46.6 Å². The molecule has 0 saturated heterocycles. The van der Waals surface area contributed by atoms with E-state index in [-0.39, 0.29) is 17.4 Å². The highest BCUT2D eigenvalue weighted by Gasteiger charge is 2.26. The number of nitrogens with two attached hydrogens (primary N) is 1. The van der Waals surface area contributed by atoms with E-state index in [9.17, 15) is 4.79 Å². The molecule has 0 heterocycles. The zero-order valence-electron chi connectivity index (χ0n) is 13.5. The zero-order valence-corrected chi connectivity index (χ0v) is 13.5. The number of rotatable bonds is 8. The van der Waals surface area contributed by atoms with Crippen LogP contribution in [0.3, 0.4) is 0 Å². The highest BCUT2D eigenvalue weighted by molar-refractivity contribution is 5.70. The lowest BCUT2D eigenvalue weighted by molar-refractivity contribution is -0.145. The van der Waals surface area contributed by atoms with E-state index in [1.54, 1.807) is 0 Å². The predicted octanol–water partition coefficient (Wildman–Crippen LogP) is 3.45. The van der Waals surface area contributed by atoms with Gasteiger partial charge in [0, 0.05) is 6.04 Å². The molecule has 0 aliphatic heterocycles. The number of benzene rings is 1. The van der Waals surface area contributed by atoms with Gasteiger partial charge < -0.3 is 15.2 Å². The third-order valence-corrected chi connectivity index (χ3v) is 3.32. The Balaban J connectivity index is 2.61. The molecule has 0 radical (unpaired) electrons. The Kier molecular flexibility index (Phi) is 6.69. The van der Waals surface area contributed by atoms with Crippen molar-refractivity contribution in [3.63, 3.8) is 0 Å². The fourth-order valence-corrected chi connectivity index (χ4v) is 2.37. The van der Waals surface area contributed by atoms with E-state index in [2.05, 4.69) is 0 Å². The molecule has 1 unspecified atom stereocenters. The van der Waals surface area contributed by atoms with Crippen molar-refractivity contribution >= 4 is 5.97 Å². The van der Waals surface area contributed by atoms with Crippen LogP contribution in [0.1, 0.15) is 52.1 Å². The molecular weight excluding hydrogens is 266 g/mol. The van der Waals surface area contributed by atoms with Gasteiger partial charge in [-0.2, -0.15) is 0 Å². The highest BCUT2D eigenvalue weighted by atomic mass is 16.5. The summed E-state index contributed by atoms with van der Waals surface area (Å²) in [6.07, 6.45) is 1.10. The molecule has 4 nitrogen and oxygen atoms in total. The lowest BCUT2D eigenvalue weighted by atomic mass is 9.81. The maximum Gasteiger partial charge on any atom is 0.306 e. The lowest BCUT2D eigenvalue weighted by Crippen LogP contribution is -2.25. The molecule has 0 bridgehead atoms. The van der Waals surface area contributed by atoms with Crippen LogP contribution in [0.4, 0.5) is 0 Å². The van der Waals surface area contributed by atoms with Crippen LogP contribution in [-0.2, 0) is 9.53 Å². The minimum Gasteiger partial charge on any atom is -0.494 e. The summed E-state index contributed by atoms with van der Waals surface area (Å²) >= 11 is 0. The first-order valence-electron chi connectivity index (χ1n) is 7.52. The van der Waals surface area contributed by atoms with Gasteiger partial charge in [0.05, 0.1) is 19.6 Å². The molecule has 0 aromatic heterocycles. The Bertz CT molecular complexity index is 440. The normalized spacial score (nSPS) is 12.8. The predicted molar refractivity (Wildman–Crippen MR) is 84.2 cm³/mol. The van der Waals surface area contributed by atoms with Gasteiger partial charge in [-0.25, -0.2) is 0 Å². The van der Waals surface area contributed by atoms with Crippen LogP contribution in [0.15, 0.2) is 24.3 Å². The minimum atomic E-state index is -0.190. The van der Waals surface area contributed by atoms with Gasteiger partial charge in [-0.1, -0.05) is 26.0 Å². The fraction of sp³-hybridized carbons (Fsp3) is 0.588. The van der Waals surface area contributed by atoms with Gasteiger partial charge in [0.15, 0.2) is 0 Å². The number of carbonyl (C=O) groups is 1. The Labute approximate surface area is 127 Å². The zero-order chi connectivity index (χ0) is 15.9. The van der Waals surface area contributed by atoms with Crippen LogP contribution in [0, 0.1) is 5.41 Å². The maximum atomic E-state index is 11.6. The molecular formula is C17H27NO3. The molecule has 2 N–H and O–H groups in total. The SMILES string of the molecule is CCOC(=O)CC(C)(C)CC(N)c1ccc(OCC)cc1. The maximum absolute atomic E-state index is 11.6. The van der Waals surface area contributed by atoms with Gasteiger partial charge >= 0.3 is 5.97 Å². The van der Waals surface area contributed by atoms with Crippen LogP contribution in [0.5, 0.6) is 5.75 Å². The summed E-state index contributed by atoms with van der Waals surface area (Å²) in [5, 5.41) is 0. The van der Waals surface area contributed by atoms with Gasteiger partial charge in [-0.3, -0.25) is 4.79 Å². The largest absolute Gasteiger partial charge is 0.494 e. The summed E-state index contributed by atoms with van der Waals surface area (Å²) in [7, 11) is 0. The van der Waals surface area contributed by atoms with Crippen LogP contribution >= 0.6 is 0 Å². The summed E-state index contributed by atoms with van der Waals surface area (Å²) in [6.45, 7) is 8.92. The van der Waals surface area contributed by atoms with E-state index >= 15 is 0 Å². The fourth-order valence-electron chi connectivity index (χ4n) is 2.37. The molecule has 1 aromatic rings. The van der Waals surface area contributed by atoms with Crippen molar-refractivity contribution in [2.24, 2.45) is 11.1 Å². The summed E-state index contributed by atoms with van der Waals surface area (Å²) in [5.41, 5.74) is 7.12. The lowest BCUT2D eigenvalue weighted by Gasteiger charge is -2.27. The minimum absolute atomic E-state index is 0.106. The Morgan fingerprint density at radius 3 is 2.33 bits per heavy atom. The summed E-state index contributed by atoms with van der Waals surface area (Å²) in [6, 6.07) is 7.71. The summed E-state index contributed by atoms with van der Waals surface area (Å²) in [5.74, 6) is 0.681. The van der Waals surface area contributed by atoms with E-state index < -0.39 is 0 Å². The second kappa shape index (κ2) is 8.03. The summed E-state index contributed by atoms with van der Waals surface area (Å²) in [4.78, 5) is 11.6. The third-order valence-electron chi connectivity index (χ3n) is 3.32. The topological polar surface area (TPSA) is 61.5 Å². The molecule has 1 atom stereocenters. The van der Waals surface area contributed by atoms with Crippen molar-refractivity contribution in [3.05, 3.63) is 29.8 Å². The van der Waals surface area contributed by atoms with Gasteiger partial charge in [-0.05, 0) is 43.4 Å².